The van der Waals surface area contributed by atoms with E-state index in [0.29, 0.717) is 12.3 Å². The van der Waals surface area contributed by atoms with E-state index in [1.54, 1.807) is 13.0 Å². The molecule has 0 amide bonds. The molecule has 18 heavy (non-hydrogen) atoms. The minimum absolute atomic E-state index is 0.132. The number of aromatic hydroxyl groups is 2. The van der Waals surface area contributed by atoms with Crippen molar-refractivity contribution >= 4 is 5.71 Å². The van der Waals surface area contributed by atoms with Gasteiger partial charge in [-0.05, 0) is 38.0 Å². The molecule has 1 aromatic carbocycles. The number of unbranched alkanes of at least 4 members (excludes halogenated alkanes) is 3. The maximum Gasteiger partial charge on any atom is 0.158 e. The molecule has 0 atom stereocenters. The van der Waals surface area contributed by atoms with E-state index in [-0.39, 0.29) is 11.5 Å². The highest BCUT2D eigenvalue weighted by atomic mass is 16.6. The largest absolute Gasteiger partial charge is 0.504 e. The van der Waals surface area contributed by atoms with E-state index in [4.69, 9.17) is 4.84 Å². The molecule has 0 bridgehead atoms. The zero-order valence-electron chi connectivity index (χ0n) is 11.0. The van der Waals surface area contributed by atoms with Gasteiger partial charge in [-0.15, -0.1) is 0 Å². The van der Waals surface area contributed by atoms with Crippen LogP contribution >= 0.6 is 0 Å². The number of benzene rings is 1. The van der Waals surface area contributed by atoms with Crippen molar-refractivity contribution in [1.82, 2.24) is 0 Å². The van der Waals surface area contributed by atoms with E-state index in [1.165, 1.54) is 25.0 Å². The summed E-state index contributed by atoms with van der Waals surface area (Å²) in [7, 11) is 0. The number of nitrogens with zero attached hydrogens (tertiary/aromatic N) is 1. The van der Waals surface area contributed by atoms with E-state index in [1.807, 2.05) is 0 Å². The first-order valence-corrected chi connectivity index (χ1v) is 6.34. The number of phenols is 2. The lowest BCUT2D eigenvalue weighted by Crippen LogP contribution is -1.97. The maximum atomic E-state index is 9.37. The van der Waals surface area contributed by atoms with Crippen LogP contribution in [0.5, 0.6) is 11.5 Å². The Hall–Kier alpha value is -1.71. The van der Waals surface area contributed by atoms with Crippen molar-refractivity contribution in [3.8, 4) is 11.5 Å². The van der Waals surface area contributed by atoms with Gasteiger partial charge >= 0.3 is 0 Å². The van der Waals surface area contributed by atoms with Gasteiger partial charge in [0.25, 0.3) is 0 Å². The summed E-state index contributed by atoms with van der Waals surface area (Å²) in [5, 5.41) is 22.6. The molecule has 0 heterocycles. The fourth-order valence-electron chi connectivity index (χ4n) is 1.54. The van der Waals surface area contributed by atoms with Crippen LogP contribution in [0.2, 0.25) is 0 Å². The van der Waals surface area contributed by atoms with Crippen molar-refractivity contribution < 1.29 is 15.1 Å². The summed E-state index contributed by atoms with van der Waals surface area (Å²) < 4.78 is 0. The van der Waals surface area contributed by atoms with E-state index >= 15 is 0 Å². The number of rotatable bonds is 7. The molecule has 0 aromatic heterocycles. The van der Waals surface area contributed by atoms with Crippen molar-refractivity contribution in [2.45, 2.75) is 39.5 Å². The van der Waals surface area contributed by atoms with Crippen LogP contribution in [0.4, 0.5) is 0 Å². The Morgan fingerprint density at radius 3 is 2.61 bits per heavy atom. The summed E-state index contributed by atoms with van der Waals surface area (Å²) in [6.07, 6.45) is 4.59. The molecule has 100 valence electrons. The second-order valence-electron chi connectivity index (χ2n) is 4.27. The summed E-state index contributed by atoms with van der Waals surface area (Å²) in [6, 6.07) is 4.59. The molecule has 0 spiro atoms. The third-order valence-corrected chi connectivity index (χ3v) is 2.68. The molecule has 0 aliphatic heterocycles. The Kier molecular flexibility index (Phi) is 6.05. The topological polar surface area (TPSA) is 62.0 Å². The van der Waals surface area contributed by atoms with E-state index in [0.717, 1.165) is 18.4 Å². The lowest BCUT2D eigenvalue weighted by atomic mass is 10.1. The van der Waals surface area contributed by atoms with Crippen LogP contribution in [-0.4, -0.2) is 22.5 Å². The van der Waals surface area contributed by atoms with Gasteiger partial charge in [-0.2, -0.15) is 0 Å². The normalized spacial score (nSPS) is 11.6. The first-order valence-electron chi connectivity index (χ1n) is 6.34. The Morgan fingerprint density at radius 1 is 1.17 bits per heavy atom. The molecule has 0 aliphatic rings. The van der Waals surface area contributed by atoms with Gasteiger partial charge in [0.2, 0.25) is 0 Å². The van der Waals surface area contributed by atoms with Crippen molar-refractivity contribution in [2.24, 2.45) is 5.16 Å². The first-order chi connectivity index (χ1) is 8.65. The molecule has 0 aliphatic carbocycles. The molecule has 0 radical (unpaired) electrons. The molecular formula is C14H21NO3. The highest BCUT2D eigenvalue weighted by molar-refractivity contribution is 5.98. The molecule has 0 unspecified atom stereocenters. The van der Waals surface area contributed by atoms with Gasteiger partial charge in [-0.1, -0.05) is 24.9 Å². The van der Waals surface area contributed by atoms with Gasteiger partial charge in [-0.25, -0.2) is 0 Å². The van der Waals surface area contributed by atoms with Crippen molar-refractivity contribution in [3.05, 3.63) is 23.8 Å². The fourth-order valence-corrected chi connectivity index (χ4v) is 1.54. The predicted octanol–water partition coefficient (Wildman–Crippen LogP) is 3.42. The minimum atomic E-state index is -0.148. The smallest absolute Gasteiger partial charge is 0.158 e. The zero-order chi connectivity index (χ0) is 13.4. The third kappa shape index (κ3) is 4.65. The standard InChI is InChI=1S/C14H21NO3/c1-3-4-5-6-9-18-15-11(2)12-7-8-13(16)14(17)10-12/h7-8,10,16-17H,3-6,9H2,1-2H3. The van der Waals surface area contributed by atoms with Crippen LogP contribution in [0, 0.1) is 0 Å². The van der Waals surface area contributed by atoms with Crippen molar-refractivity contribution in [2.75, 3.05) is 6.61 Å². The van der Waals surface area contributed by atoms with Crippen LogP contribution in [-0.2, 0) is 4.84 Å². The molecule has 1 rings (SSSR count). The number of hydrogen-bond acceptors (Lipinski definition) is 4. The van der Waals surface area contributed by atoms with Crippen molar-refractivity contribution in [3.63, 3.8) is 0 Å². The van der Waals surface area contributed by atoms with Gasteiger partial charge in [0.1, 0.15) is 6.61 Å². The molecule has 1 aromatic rings. The lowest BCUT2D eigenvalue weighted by molar-refractivity contribution is 0.139. The number of hydrogen-bond donors (Lipinski definition) is 2. The quantitative estimate of drug-likeness (QED) is 0.338. The molecular weight excluding hydrogens is 230 g/mol. The second kappa shape index (κ2) is 7.58. The fraction of sp³-hybridized carbons (Fsp3) is 0.500. The number of phenolic OH excluding ortho intramolecular Hbond substituents is 2. The number of oxime groups is 1. The summed E-state index contributed by atoms with van der Waals surface area (Å²) in [6.45, 7) is 4.58. The van der Waals surface area contributed by atoms with E-state index in [9.17, 15) is 10.2 Å². The molecule has 4 heteroatoms. The van der Waals surface area contributed by atoms with Crippen molar-refractivity contribution in [1.29, 1.82) is 0 Å². The first kappa shape index (κ1) is 14.4. The Labute approximate surface area is 108 Å². The van der Waals surface area contributed by atoms with E-state index < -0.39 is 0 Å². The molecule has 0 fully saturated rings. The van der Waals surface area contributed by atoms with Gasteiger partial charge in [0.15, 0.2) is 11.5 Å². The van der Waals surface area contributed by atoms with Crippen LogP contribution < -0.4 is 0 Å². The predicted molar refractivity (Wildman–Crippen MR) is 72.1 cm³/mol. The summed E-state index contributed by atoms with van der Waals surface area (Å²) >= 11 is 0. The summed E-state index contributed by atoms with van der Waals surface area (Å²) in [4.78, 5) is 5.21. The highest BCUT2D eigenvalue weighted by Crippen LogP contribution is 2.25. The van der Waals surface area contributed by atoms with Gasteiger partial charge in [0.05, 0.1) is 5.71 Å². The van der Waals surface area contributed by atoms with Gasteiger partial charge in [-0.3, -0.25) is 0 Å². The van der Waals surface area contributed by atoms with Crippen LogP contribution in [0.1, 0.15) is 45.1 Å². The van der Waals surface area contributed by atoms with Crippen LogP contribution in [0.3, 0.4) is 0 Å². The van der Waals surface area contributed by atoms with Gasteiger partial charge < -0.3 is 15.1 Å². The lowest BCUT2D eigenvalue weighted by Gasteiger charge is -2.04. The molecule has 0 saturated heterocycles. The van der Waals surface area contributed by atoms with Crippen LogP contribution in [0.15, 0.2) is 23.4 Å². The maximum absolute atomic E-state index is 9.37. The van der Waals surface area contributed by atoms with Crippen LogP contribution in [0.25, 0.3) is 0 Å². The minimum Gasteiger partial charge on any atom is -0.504 e. The molecule has 0 saturated carbocycles. The van der Waals surface area contributed by atoms with E-state index in [2.05, 4.69) is 12.1 Å². The summed E-state index contributed by atoms with van der Waals surface area (Å²) in [5.41, 5.74) is 1.42. The molecule has 4 nitrogen and oxygen atoms in total. The third-order valence-electron chi connectivity index (χ3n) is 2.68. The monoisotopic (exact) mass is 251 g/mol. The SMILES string of the molecule is CCCCCCON=C(C)c1ccc(O)c(O)c1. The zero-order valence-corrected chi connectivity index (χ0v) is 11.0. The van der Waals surface area contributed by atoms with Gasteiger partial charge in [0, 0.05) is 5.56 Å². The Morgan fingerprint density at radius 2 is 1.94 bits per heavy atom. The Bertz CT molecular complexity index is 402. The summed E-state index contributed by atoms with van der Waals surface area (Å²) in [5.74, 6) is -0.281. The highest BCUT2D eigenvalue weighted by Gasteiger charge is 2.03. The average Bonchev–Trinajstić information content (AvgIpc) is 2.36. The molecule has 2 N–H and O–H groups in total. The second-order valence-corrected chi connectivity index (χ2v) is 4.27. The average molecular weight is 251 g/mol. The Balaban J connectivity index is 2.43.